The quantitative estimate of drug-likeness (QED) is 0.242. The van der Waals surface area contributed by atoms with Crippen molar-refractivity contribution in [1.29, 1.82) is 0 Å². The van der Waals surface area contributed by atoms with Gasteiger partial charge < -0.3 is 35.9 Å². The van der Waals surface area contributed by atoms with Crippen LogP contribution in [-0.2, 0) is 20.9 Å². The van der Waals surface area contributed by atoms with E-state index in [1.54, 1.807) is 12.1 Å². The lowest BCUT2D eigenvalue weighted by Crippen LogP contribution is -2.52. The van der Waals surface area contributed by atoms with E-state index in [1.165, 1.54) is 30.5 Å². The molecule has 3 amide bonds. The molecule has 1 aromatic carbocycles. The van der Waals surface area contributed by atoms with E-state index < -0.39 is 48.4 Å². The molecule has 2 heterocycles. The number of hydrogen-bond donors (Lipinski definition) is 6. The van der Waals surface area contributed by atoms with Crippen LogP contribution in [0.4, 0.5) is 0 Å². The zero-order chi connectivity index (χ0) is 26.2. The number of hydrogen-bond acceptors (Lipinski definition) is 7. The molecule has 192 valence electrons. The summed E-state index contributed by atoms with van der Waals surface area (Å²) >= 11 is 12.5. The zero-order valence-electron chi connectivity index (χ0n) is 18.8. The Bertz CT molecular complexity index is 1130. The van der Waals surface area contributed by atoms with Crippen LogP contribution < -0.4 is 21.3 Å². The van der Waals surface area contributed by atoms with Gasteiger partial charge in [-0.1, -0.05) is 23.2 Å². The first-order valence-corrected chi connectivity index (χ1v) is 11.6. The van der Waals surface area contributed by atoms with Gasteiger partial charge in [-0.2, -0.15) is 0 Å². The number of nitrogens with one attached hydrogen (secondary N) is 4. The molecule has 1 aliphatic rings. The molecule has 1 saturated heterocycles. The second-order valence-corrected chi connectivity index (χ2v) is 8.71. The summed E-state index contributed by atoms with van der Waals surface area (Å²) in [5.74, 6) is -2.71. The number of aliphatic hydroxyl groups excluding tert-OH is 1. The van der Waals surface area contributed by atoms with E-state index >= 15 is 0 Å². The zero-order valence-corrected chi connectivity index (χ0v) is 20.3. The Morgan fingerprint density at radius 2 is 1.92 bits per heavy atom. The molecule has 1 fully saturated rings. The second-order valence-electron chi connectivity index (χ2n) is 7.90. The third-order valence-electron chi connectivity index (χ3n) is 5.29. The standard InChI is InChI=1S/C23H24Cl2N4O7/c24-14-8-12(10-27-18(31)4-3-13-2-1-7-36-13)9-15(25)19(14)21(32)29-16(23(34)35)11-28-22(33)20-17(30)5-6-26-20/h1-4,7-9,16-17,20,26,30H,5-6,10-11H2,(H,27,31)(H,28,33)(H,29,32)(H,34,35)/b4-3+. The van der Waals surface area contributed by atoms with Crippen LogP contribution in [0.25, 0.3) is 6.08 Å². The SMILES string of the molecule is O=C(/C=C/c1ccco1)NCc1cc(Cl)c(C(=O)NC(CNC(=O)C2NCCC2O)C(=O)O)c(Cl)c1. The van der Waals surface area contributed by atoms with Crippen molar-refractivity contribution < 1.29 is 33.8 Å². The summed E-state index contributed by atoms with van der Waals surface area (Å²) in [4.78, 5) is 48.5. The first-order chi connectivity index (χ1) is 17.2. The van der Waals surface area contributed by atoms with Crippen molar-refractivity contribution in [3.8, 4) is 0 Å². The van der Waals surface area contributed by atoms with Gasteiger partial charge in [0.1, 0.15) is 17.8 Å². The fourth-order valence-electron chi connectivity index (χ4n) is 3.44. The van der Waals surface area contributed by atoms with E-state index in [0.717, 1.165) is 0 Å². The largest absolute Gasteiger partial charge is 0.480 e. The van der Waals surface area contributed by atoms with E-state index in [2.05, 4.69) is 21.3 Å². The summed E-state index contributed by atoms with van der Waals surface area (Å²) in [7, 11) is 0. The normalized spacial score (nSPS) is 18.1. The Kier molecular flexibility index (Phi) is 9.48. The van der Waals surface area contributed by atoms with Crippen molar-refractivity contribution in [2.75, 3.05) is 13.1 Å². The minimum Gasteiger partial charge on any atom is -0.480 e. The number of carbonyl (C=O) groups excluding carboxylic acids is 3. The third-order valence-corrected chi connectivity index (χ3v) is 5.89. The van der Waals surface area contributed by atoms with Crippen LogP contribution >= 0.6 is 23.2 Å². The summed E-state index contributed by atoms with van der Waals surface area (Å²) in [6.07, 6.45) is 3.79. The van der Waals surface area contributed by atoms with E-state index in [0.29, 0.717) is 24.3 Å². The number of amides is 3. The number of rotatable bonds is 10. The highest BCUT2D eigenvalue weighted by Gasteiger charge is 2.32. The average molecular weight is 539 g/mol. The smallest absolute Gasteiger partial charge is 0.328 e. The molecular weight excluding hydrogens is 515 g/mol. The molecule has 3 unspecified atom stereocenters. The summed E-state index contributed by atoms with van der Waals surface area (Å²) in [5.41, 5.74) is 0.350. The summed E-state index contributed by atoms with van der Waals surface area (Å²) < 4.78 is 5.10. The van der Waals surface area contributed by atoms with Gasteiger partial charge in [-0.15, -0.1) is 0 Å². The predicted octanol–water partition coefficient (Wildman–Crippen LogP) is 0.938. The molecule has 11 nitrogen and oxygen atoms in total. The molecule has 0 saturated carbocycles. The van der Waals surface area contributed by atoms with Gasteiger partial charge in [0.25, 0.3) is 5.91 Å². The molecular formula is C23H24Cl2N4O7. The van der Waals surface area contributed by atoms with Crippen LogP contribution in [0.3, 0.4) is 0 Å². The van der Waals surface area contributed by atoms with Crippen molar-refractivity contribution in [3.05, 3.63) is 63.5 Å². The number of benzene rings is 1. The number of carboxylic acid groups (broad SMARTS) is 1. The van der Waals surface area contributed by atoms with Gasteiger partial charge in [0.15, 0.2) is 0 Å². The van der Waals surface area contributed by atoms with E-state index in [9.17, 15) is 29.4 Å². The summed E-state index contributed by atoms with van der Waals surface area (Å²) in [5, 5.41) is 29.3. The maximum absolute atomic E-state index is 12.7. The molecule has 0 radical (unpaired) electrons. The lowest BCUT2D eigenvalue weighted by atomic mass is 10.1. The minimum atomic E-state index is -1.48. The van der Waals surface area contributed by atoms with Crippen molar-refractivity contribution >= 4 is 53.0 Å². The molecule has 3 rings (SSSR count). The predicted molar refractivity (Wildman–Crippen MR) is 130 cm³/mol. The Hall–Kier alpha value is -3.38. The molecule has 36 heavy (non-hydrogen) atoms. The fourth-order valence-corrected chi connectivity index (χ4v) is 4.14. The van der Waals surface area contributed by atoms with Crippen molar-refractivity contribution in [3.63, 3.8) is 0 Å². The van der Waals surface area contributed by atoms with Crippen LogP contribution in [0.1, 0.15) is 28.1 Å². The van der Waals surface area contributed by atoms with Crippen molar-refractivity contribution in [2.45, 2.75) is 31.2 Å². The first kappa shape index (κ1) is 27.2. The van der Waals surface area contributed by atoms with E-state index in [-0.39, 0.29) is 22.2 Å². The topological polar surface area (TPSA) is 170 Å². The lowest BCUT2D eigenvalue weighted by molar-refractivity contribution is -0.139. The molecule has 0 spiro atoms. The van der Waals surface area contributed by atoms with Crippen molar-refractivity contribution in [2.24, 2.45) is 0 Å². The van der Waals surface area contributed by atoms with Crippen LogP contribution in [0.2, 0.25) is 10.0 Å². The second kappa shape index (κ2) is 12.5. The third kappa shape index (κ3) is 7.31. The molecule has 3 atom stereocenters. The van der Waals surface area contributed by atoms with Crippen LogP contribution in [-0.4, -0.2) is 65.2 Å². The van der Waals surface area contributed by atoms with Crippen LogP contribution in [0.5, 0.6) is 0 Å². The van der Waals surface area contributed by atoms with E-state index in [1.807, 2.05) is 0 Å². The number of furan rings is 1. The molecule has 13 heteroatoms. The van der Waals surface area contributed by atoms with Gasteiger partial charge in [0.05, 0.1) is 28.0 Å². The molecule has 0 bridgehead atoms. The Balaban J connectivity index is 1.58. The minimum absolute atomic E-state index is 0.0539. The van der Waals surface area contributed by atoms with Gasteiger partial charge in [0.2, 0.25) is 11.8 Å². The number of carbonyl (C=O) groups is 4. The Labute approximate surface area is 215 Å². The van der Waals surface area contributed by atoms with Crippen LogP contribution in [0, 0.1) is 0 Å². The molecule has 2 aromatic rings. The monoisotopic (exact) mass is 538 g/mol. The number of halogens is 2. The average Bonchev–Trinajstić information content (AvgIpc) is 3.50. The summed E-state index contributed by atoms with van der Waals surface area (Å²) in [6.45, 7) is 0.0971. The number of carboxylic acids is 1. The highest BCUT2D eigenvalue weighted by molar-refractivity contribution is 6.39. The number of aliphatic carboxylic acids is 1. The maximum atomic E-state index is 12.7. The molecule has 1 aromatic heterocycles. The fraction of sp³-hybridized carbons (Fsp3) is 0.304. The van der Waals surface area contributed by atoms with Gasteiger partial charge in [-0.25, -0.2) is 4.79 Å². The maximum Gasteiger partial charge on any atom is 0.328 e. The molecule has 6 N–H and O–H groups in total. The van der Waals surface area contributed by atoms with Gasteiger partial charge in [0, 0.05) is 19.2 Å². The highest BCUT2D eigenvalue weighted by Crippen LogP contribution is 2.27. The Morgan fingerprint density at radius 3 is 2.50 bits per heavy atom. The lowest BCUT2D eigenvalue weighted by Gasteiger charge is -2.19. The van der Waals surface area contributed by atoms with Crippen molar-refractivity contribution in [1.82, 2.24) is 21.3 Å². The molecule has 1 aliphatic heterocycles. The van der Waals surface area contributed by atoms with Gasteiger partial charge in [-0.3, -0.25) is 14.4 Å². The summed E-state index contributed by atoms with van der Waals surface area (Å²) in [6, 6.07) is 3.88. The Morgan fingerprint density at radius 1 is 1.19 bits per heavy atom. The van der Waals surface area contributed by atoms with Gasteiger partial charge >= 0.3 is 5.97 Å². The van der Waals surface area contributed by atoms with Crippen LogP contribution in [0.15, 0.2) is 41.0 Å². The number of aliphatic hydroxyl groups is 1. The van der Waals surface area contributed by atoms with Gasteiger partial charge in [-0.05, 0) is 48.9 Å². The molecule has 0 aliphatic carbocycles. The highest BCUT2D eigenvalue weighted by atomic mass is 35.5. The van der Waals surface area contributed by atoms with E-state index in [4.69, 9.17) is 27.6 Å². The first-order valence-electron chi connectivity index (χ1n) is 10.9.